The first-order valence-electron chi connectivity index (χ1n) is 9.49. The van der Waals surface area contributed by atoms with E-state index in [4.69, 9.17) is 4.74 Å². The molecule has 4 heteroatoms. The number of aromatic nitrogens is 2. The zero-order chi connectivity index (χ0) is 19.0. The van der Waals surface area contributed by atoms with Crippen molar-refractivity contribution < 1.29 is 14.1 Å². The Hall–Kier alpha value is -2.88. The van der Waals surface area contributed by atoms with Crippen molar-refractivity contribution in [3.8, 4) is 0 Å². The number of unbranched alkanes of at least 4 members (excludes halogenated alkanes) is 1. The van der Waals surface area contributed by atoms with E-state index in [2.05, 4.69) is 66.1 Å². The van der Waals surface area contributed by atoms with Crippen LogP contribution in [-0.4, -0.2) is 18.1 Å². The number of aryl methyl sites for hydroxylation is 3. The number of nitrogens with zero attached hydrogens (tertiary/aromatic N) is 1. The molecule has 4 aromatic rings. The van der Waals surface area contributed by atoms with E-state index in [0.717, 1.165) is 19.4 Å². The first-order valence-corrected chi connectivity index (χ1v) is 9.49. The molecule has 0 spiro atoms. The topological polar surface area (TPSA) is 46.0 Å². The molecule has 0 bridgehead atoms. The average molecular weight is 361 g/mol. The molecule has 4 rings (SSSR count). The Kier molecular flexibility index (Phi) is 4.56. The van der Waals surface area contributed by atoms with Gasteiger partial charge in [-0.1, -0.05) is 18.2 Å². The molecule has 0 amide bonds. The maximum Gasteiger partial charge on any atom is 0.305 e. The number of methoxy groups -OCH3 is 1. The van der Waals surface area contributed by atoms with Crippen LogP contribution in [0.15, 0.2) is 42.7 Å². The summed E-state index contributed by atoms with van der Waals surface area (Å²) in [4.78, 5) is 14.9. The van der Waals surface area contributed by atoms with Crippen LogP contribution >= 0.6 is 0 Å². The van der Waals surface area contributed by atoms with Crippen LogP contribution < -0.4 is 4.57 Å². The van der Waals surface area contributed by atoms with Gasteiger partial charge < -0.3 is 9.72 Å². The fraction of sp³-hybridized carbons (Fsp3) is 0.304. The second-order valence-electron chi connectivity index (χ2n) is 7.21. The molecule has 1 N–H and O–H groups in total. The summed E-state index contributed by atoms with van der Waals surface area (Å²) in [7, 11) is 1.44. The van der Waals surface area contributed by atoms with Gasteiger partial charge in [0.1, 0.15) is 6.54 Å². The summed E-state index contributed by atoms with van der Waals surface area (Å²) in [6.07, 6.45) is 6.67. The number of pyridine rings is 1. The zero-order valence-corrected chi connectivity index (χ0v) is 16.1. The standard InChI is InChI=1S/C23H24N2O2/c1-15-19-14-25(12-7-6-10-21(26)27-3)13-11-17(19)16(2)23-22(15)18-8-4-5-9-20(18)24-23/h4-5,8-9,11,13-14H,6-7,10,12H2,1-3H3/p+1. The van der Waals surface area contributed by atoms with Crippen LogP contribution in [0.3, 0.4) is 0 Å². The fourth-order valence-corrected chi connectivity index (χ4v) is 4.05. The highest BCUT2D eigenvalue weighted by Gasteiger charge is 2.16. The lowest BCUT2D eigenvalue weighted by Crippen LogP contribution is -2.32. The minimum Gasteiger partial charge on any atom is -0.469 e. The second kappa shape index (κ2) is 7.03. The summed E-state index contributed by atoms with van der Waals surface area (Å²) in [5, 5.41) is 5.18. The number of esters is 1. The maximum atomic E-state index is 11.3. The van der Waals surface area contributed by atoms with Crippen LogP contribution in [0.1, 0.15) is 30.4 Å². The van der Waals surface area contributed by atoms with E-state index in [-0.39, 0.29) is 5.97 Å². The largest absolute Gasteiger partial charge is 0.469 e. The number of benzene rings is 2. The summed E-state index contributed by atoms with van der Waals surface area (Å²) in [6, 6.07) is 10.7. The molecule has 0 unspecified atom stereocenters. The average Bonchev–Trinajstić information content (AvgIpc) is 3.09. The zero-order valence-electron chi connectivity index (χ0n) is 16.1. The quantitative estimate of drug-likeness (QED) is 0.317. The van der Waals surface area contributed by atoms with E-state index in [9.17, 15) is 4.79 Å². The third kappa shape index (κ3) is 3.05. The third-order valence-electron chi connectivity index (χ3n) is 5.56. The smallest absolute Gasteiger partial charge is 0.305 e. The van der Waals surface area contributed by atoms with Gasteiger partial charge in [0.05, 0.1) is 12.6 Å². The van der Waals surface area contributed by atoms with Crippen LogP contribution in [0.25, 0.3) is 32.6 Å². The van der Waals surface area contributed by atoms with Crippen molar-refractivity contribution in [2.24, 2.45) is 0 Å². The van der Waals surface area contributed by atoms with Crippen LogP contribution in [0, 0.1) is 13.8 Å². The number of ether oxygens (including phenoxy) is 1. The van der Waals surface area contributed by atoms with Crippen LogP contribution in [0.4, 0.5) is 0 Å². The van der Waals surface area contributed by atoms with E-state index < -0.39 is 0 Å². The van der Waals surface area contributed by atoms with E-state index in [1.807, 2.05) is 0 Å². The summed E-state index contributed by atoms with van der Waals surface area (Å²) < 4.78 is 6.94. The number of carbonyl (C=O) groups excluding carboxylic acids is 1. The van der Waals surface area contributed by atoms with Gasteiger partial charge in [0, 0.05) is 40.6 Å². The van der Waals surface area contributed by atoms with Crippen LogP contribution in [0.5, 0.6) is 0 Å². The Balaban J connectivity index is 1.74. The Morgan fingerprint density at radius 3 is 2.67 bits per heavy atom. The molecule has 2 heterocycles. The third-order valence-corrected chi connectivity index (χ3v) is 5.56. The van der Waals surface area contributed by atoms with E-state index in [0.29, 0.717) is 6.42 Å². The lowest BCUT2D eigenvalue weighted by molar-refractivity contribution is -0.696. The van der Waals surface area contributed by atoms with Gasteiger partial charge in [-0.3, -0.25) is 4.79 Å². The molecule has 4 nitrogen and oxygen atoms in total. The highest BCUT2D eigenvalue weighted by molar-refractivity contribution is 6.16. The summed E-state index contributed by atoms with van der Waals surface area (Å²) in [5.41, 5.74) is 5.02. The van der Waals surface area contributed by atoms with Gasteiger partial charge in [-0.2, -0.15) is 0 Å². The molecular weight excluding hydrogens is 336 g/mol. The molecule has 0 radical (unpaired) electrons. The number of rotatable bonds is 5. The van der Waals surface area contributed by atoms with E-state index in [1.165, 1.54) is 50.8 Å². The summed E-state index contributed by atoms with van der Waals surface area (Å²) >= 11 is 0. The number of carbonyl (C=O) groups is 1. The van der Waals surface area contributed by atoms with E-state index in [1.54, 1.807) is 0 Å². The predicted molar refractivity (Wildman–Crippen MR) is 109 cm³/mol. The Morgan fingerprint density at radius 2 is 1.85 bits per heavy atom. The van der Waals surface area contributed by atoms with Crippen LogP contribution in [0.2, 0.25) is 0 Å². The van der Waals surface area contributed by atoms with Gasteiger partial charge in [-0.25, -0.2) is 4.57 Å². The molecule has 0 aliphatic rings. The molecule has 0 aliphatic carbocycles. The van der Waals surface area contributed by atoms with Gasteiger partial charge in [-0.05, 0) is 42.8 Å². The number of hydrogen-bond donors (Lipinski definition) is 1. The SMILES string of the molecule is COC(=O)CCCC[n+]1ccc2c(C)c3[nH]c4ccccc4c3c(C)c2c1. The highest BCUT2D eigenvalue weighted by atomic mass is 16.5. The first-order chi connectivity index (χ1) is 13.1. The molecule has 0 saturated heterocycles. The van der Waals surface area contributed by atoms with Crippen LogP contribution in [-0.2, 0) is 16.1 Å². The molecule has 27 heavy (non-hydrogen) atoms. The van der Waals surface area contributed by atoms with Gasteiger partial charge in [0.25, 0.3) is 0 Å². The molecule has 138 valence electrons. The van der Waals surface area contributed by atoms with Crippen molar-refractivity contribution >= 4 is 38.5 Å². The number of fused-ring (bicyclic) bond motifs is 4. The Labute approximate surface area is 158 Å². The molecular formula is C23H25N2O2+. The maximum absolute atomic E-state index is 11.3. The van der Waals surface area contributed by atoms with Gasteiger partial charge >= 0.3 is 5.97 Å². The van der Waals surface area contributed by atoms with E-state index >= 15 is 0 Å². The molecule has 0 saturated carbocycles. The first kappa shape index (κ1) is 17.5. The van der Waals surface area contributed by atoms with Crippen molar-refractivity contribution in [3.63, 3.8) is 0 Å². The summed E-state index contributed by atoms with van der Waals surface area (Å²) in [5.74, 6) is -0.133. The second-order valence-corrected chi connectivity index (χ2v) is 7.21. The minimum absolute atomic E-state index is 0.133. The number of aromatic amines is 1. The van der Waals surface area contributed by atoms with Crippen molar-refractivity contribution in [2.45, 2.75) is 39.7 Å². The Bertz CT molecular complexity index is 1160. The van der Waals surface area contributed by atoms with Crippen molar-refractivity contribution in [1.82, 2.24) is 4.98 Å². The predicted octanol–water partition coefficient (Wildman–Crippen LogP) is 4.72. The number of para-hydroxylation sites is 1. The normalized spacial score (nSPS) is 11.5. The minimum atomic E-state index is -0.133. The molecule has 0 aliphatic heterocycles. The van der Waals surface area contributed by atoms with Gasteiger partial charge in [0.2, 0.25) is 0 Å². The molecule has 0 fully saturated rings. The lowest BCUT2D eigenvalue weighted by Gasteiger charge is -2.08. The van der Waals surface area contributed by atoms with Gasteiger partial charge in [-0.15, -0.1) is 0 Å². The monoisotopic (exact) mass is 361 g/mol. The Morgan fingerprint density at radius 1 is 1.04 bits per heavy atom. The fourth-order valence-electron chi connectivity index (χ4n) is 4.05. The lowest BCUT2D eigenvalue weighted by atomic mass is 9.97. The van der Waals surface area contributed by atoms with Crippen molar-refractivity contribution in [2.75, 3.05) is 7.11 Å². The van der Waals surface area contributed by atoms with Gasteiger partial charge in [0.15, 0.2) is 12.4 Å². The number of nitrogens with one attached hydrogen (secondary N) is 1. The number of hydrogen-bond acceptors (Lipinski definition) is 2. The number of H-pyrrole nitrogens is 1. The highest BCUT2D eigenvalue weighted by Crippen LogP contribution is 2.35. The molecule has 2 aromatic heterocycles. The summed E-state index contributed by atoms with van der Waals surface area (Å²) in [6.45, 7) is 5.31. The van der Waals surface area contributed by atoms with Crippen molar-refractivity contribution in [1.29, 1.82) is 0 Å². The van der Waals surface area contributed by atoms with Crippen molar-refractivity contribution in [3.05, 3.63) is 53.9 Å². The molecule has 0 atom stereocenters. The molecule has 2 aromatic carbocycles.